The lowest BCUT2D eigenvalue weighted by Gasteiger charge is -1.99. The molecule has 3 rings (SSSR count). The molecule has 0 saturated carbocycles. The Morgan fingerprint density at radius 3 is 2.57 bits per heavy atom. The summed E-state index contributed by atoms with van der Waals surface area (Å²) >= 11 is 0. The van der Waals surface area contributed by atoms with Crippen LogP contribution in [0.3, 0.4) is 0 Å². The van der Waals surface area contributed by atoms with Crippen LogP contribution in [0.5, 0.6) is 0 Å². The van der Waals surface area contributed by atoms with Crippen molar-refractivity contribution < 1.29 is 27.5 Å². The zero-order chi connectivity index (χ0) is 15.1. The molecular weight excluding hydrogens is 287 g/mol. The molecule has 3 aromatic rings. The van der Waals surface area contributed by atoms with Crippen LogP contribution in [-0.2, 0) is 0 Å². The summed E-state index contributed by atoms with van der Waals surface area (Å²) in [6, 6.07) is 5.89. The third-order valence-corrected chi connectivity index (χ3v) is 2.91. The first-order chi connectivity index (χ1) is 9.99. The van der Waals surface area contributed by atoms with Crippen molar-refractivity contribution in [2.75, 3.05) is 0 Å². The molecule has 0 aliphatic rings. The second-order valence-corrected chi connectivity index (χ2v) is 4.20. The SMILES string of the molecule is O=C(O)c1cccc2oc(-c3ccc(F)c(F)c3F)nc12. The van der Waals surface area contributed by atoms with Crippen LogP contribution in [0, 0.1) is 17.5 Å². The zero-order valence-corrected chi connectivity index (χ0v) is 10.2. The maximum Gasteiger partial charge on any atom is 0.338 e. The maximum atomic E-state index is 13.7. The van der Waals surface area contributed by atoms with Crippen molar-refractivity contribution in [3.63, 3.8) is 0 Å². The fourth-order valence-corrected chi connectivity index (χ4v) is 1.93. The highest BCUT2D eigenvalue weighted by atomic mass is 19.2. The van der Waals surface area contributed by atoms with Gasteiger partial charge in [-0.1, -0.05) is 6.07 Å². The molecule has 4 nitrogen and oxygen atoms in total. The Morgan fingerprint density at radius 2 is 1.86 bits per heavy atom. The van der Waals surface area contributed by atoms with Gasteiger partial charge in [0.05, 0.1) is 11.1 Å². The molecule has 0 amide bonds. The Bertz CT molecular complexity index is 873. The van der Waals surface area contributed by atoms with Gasteiger partial charge < -0.3 is 9.52 Å². The number of aromatic carboxylic acids is 1. The van der Waals surface area contributed by atoms with Crippen molar-refractivity contribution in [2.45, 2.75) is 0 Å². The molecule has 0 atom stereocenters. The van der Waals surface area contributed by atoms with Crippen molar-refractivity contribution in [2.24, 2.45) is 0 Å². The quantitative estimate of drug-likeness (QED) is 0.733. The summed E-state index contributed by atoms with van der Waals surface area (Å²) in [6.45, 7) is 0. The number of fused-ring (bicyclic) bond motifs is 1. The normalized spacial score (nSPS) is 11.0. The highest BCUT2D eigenvalue weighted by molar-refractivity contribution is 6.00. The van der Waals surface area contributed by atoms with Gasteiger partial charge in [-0.2, -0.15) is 0 Å². The van der Waals surface area contributed by atoms with Gasteiger partial charge in [0.1, 0.15) is 5.52 Å². The molecule has 0 spiro atoms. The van der Waals surface area contributed by atoms with E-state index < -0.39 is 23.4 Å². The highest BCUT2D eigenvalue weighted by Crippen LogP contribution is 2.29. The van der Waals surface area contributed by atoms with Gasteiger partial charge in [0.2, 0.25) is 5.89 Å². The number of aromatic nitrogens is 1. The second-order valence-electron chi connectivity index (χ2n) is 4.20. The van der Waals surface area contributed by atoms with Gasteiger partial charge in [0.25, 0.3) is 0 Å². The Labute approximate surface area is 115 Å². The number of carbonyl (C=O) groups is 1. The van der Waals surface area contributed by atoms with Crippen LogP contribution in [0.1, 0.15) is 10.4 Å². The van der Waals surface area contributed by atoms with E-state index in [1.807, 2.05) is 0 Å². The Balaban J connectivity index is 2.25. The van der Waals surface area contributed by atoms with E-state index in [9.17, 15) is 18.0 Å². The minimum absolute atomic E-state index is 0.00383. The molecule has 0 bridgehead atoms. The average Bonchev–Trinajstić information content (AvgIpc) is 2.88. The second kappa shape index (κ2) is 4.62. The van der Waals surface area contributed by atoms with E-state index in [4.69, 9.17) is 9.52 Å². The fourth-order valence-electron chi connectivity index (χ4n) is 1.93. The summed E-state index contributed by atoms with van der Waals surface area (Å²) in [5, 5.41) is 9.03. The van der Waals surface area contributed by atoms with E-state index in [0.717, 1.165) is 12.1 Å². The van der Waals surface area contributed by atoms with Gasteiger partial charge in [-0.3, -0.25) is 0 Å². The number of rotatable bonds is 2. The average molecular weight is 293 g/mol. The van der Waals surface area contributed by atoms with E-state index in [2.05, 4.69) is 4.98 Å². The lowest BCUT2D eigenvalue weighted by molar-refractivity contribution is 0.0699. The van der Waals surface area contributed by atoms with Crippen LogP contribution in [-0.4, -0.2) is 16.1 Å². The molecule has 21 heavy (non-hydrogen) atoms. The number of carboxylic acid groups (broad SMARTS) is 1. The van der Waals surface area contributed by atoms with Crippen LogP contribution in [0.2, 0.25) is 0 Å². The highest BCUT2D eigenvalue weighted by Gasteiger charge is 2.20. The van der Waals surface area contributed by atoms with E-state index in [0.29, 0.717) is 0 Å². The summed E-state index contributed by atoms with van der Waals surface area (Å²) in [5.41, 5.74) is -0.412. The van der Waals surface area contributed by atoms with Gasteiger partial charge in [-0.15, -0.1) is 0 Å². The number of halogens is 3. The van der Waals surface area contributed by atoms with Crippen molar-refractivity contribution >= 4 is 17.1 Å². The number of para-hydroxylation sites is 1. The molecular formula is C14H6F3NO3. The monoisotopic (exact) mass is 293 g/mol. The molecule has 1 N–H and O–H groups in total. The lowest BCUT2D eigenvalue weighted by atomic mass is 10.2. The summed E-state index contributed by atoms with van der Waals surface area (Å²) in [7, 11) is 0. The smallest absolute Gasteiger partial charge is 0.338 e. The van der Waals surface area contributed by atoms with E-state index in [1.165, 1.54) is 18.2 Å². The van der Waals surface area contributed by atoms with Crippen molar-refractivity contribution in [1.82, 2.24) is 4.98 Å². The van der Waals surface area contributed by atoms with Crippen LogP contribution in [0.15, 0.2) is 34.7 Å². The summed E-state index contributed by atoms with van der Waals surface area (Å²) < 4.78 is 45.1. The number of nitrogens with zero attached hydrogens (tertiary/aromatic N) is 1. The number of oxazole rings is 1. The van der Waals surface area contributed by atoms with Gasteiger partial charge in [0, 0.05) is 0 Å². The van der Waals surface area contributed by atoms with Gasteiger partial charge in [-0.05, 0) is 24.3 Å². The summed E-state index contributed by atoms with van der Waals surface area (Å²) in [4.78, 5) is 14.9. The van der Waals surface area contributed by atoms with Crippen molar-refractivity contribution in [1.29, 1.82) is 0 Å². The Kier molecular flexibility index (Phi) is 2.90. The minimum atomic E-state index is -1.65. The third-order valence-electron chi connectivity index (χ3n) is 2.91. The summed E-state index contributed by atoms with van der Waals surface area (Å²) in [6.07, 6.45) is 0. The first-order valence-electron chi connectivity index (χ1n) is 5.75. The van der Waals surface area contributed by atoms with Crippen LogP contribution >= 0.6 is 0 Å². The largest absolute Gasteiger partial charge is 0.478 e. The number of hydrogen-bond donors (Lipinski definition) is 1. The third kappa shape index (κ3) is 2.03. The molecule has 0 fully saturated rings. The number of hydrogen-bond acceptors (Lipinski definition) is 3. The van der Waals surface area contributed by atoms with Gasteiger partial charge in [0.15, 0.2) is 23.0 Å². The van der Waals surface area contributed by atoms with E-state index in [-0.39, 0.29) is 28.1 Å². The zero-order valence-electron chi connectivity index (χ0n) is 10.2. The van der Waals surface area contributed by atoms with E-state index >= 15 is 0 Å². The first-order valence-corrected chi connectivity index (χ1v) is 5.75. The first kappa shape index (κ1) is 13.2. The van der Waals surface area contributed by atoms with Crippen molar-refractivity contribution in [3.8, 4) is 11.5 Å². The molecule has 0 aliphatic heterocycles. The van der Waals surface area contributed by atoms with Crippen LogP contribution < -0.4 is 0 Å². The van der Waals surface area contributed by atoms with Crippen LogP contribution in [0.4, 0.5) is 13.2 Å². The molecule has 0 radical (unpaired) electrons. The Hall–Kier alpha value is -2.83. The molecule has 7 heteroatoms. The van der Waals surface area contributed by atoms with E-state index in [1.54, 1.807) is 0 Å². The number of carboxylic acids is 1. The van der Waals surface area contributed by atoms with Crippen molar-refractivity contribution in [3.05, 3.63) is 53.3 Å². The summed E-state index contributed by atoms with van der Waals surface area (Å²) in [5.74, 6) is -5.98. The van der Waals surface area contributed by atoms with Crippen LogP contribution in [0.25, 0.3) is 22.6 Å². The maximum absolute atomic E-state index is 13.7. The fraction of sp³-hybridized carbons (Fsp3) is 0. The predicted octanol–water partition coefficient (Wildman–Crippen LogP) is 3.61. The molecule has 0 unspecified atom stereocenters. The molecule has 106 valence electrons. The van der Waals surface area contributed by atoms with Gasteiger partial charge in [-0.25, -0.2) is 22.9 Å². The Morgan fingerprint density at radius 1 is 1.10 bits per heavy atom. The predicted molar refractivity (Wildman–Crippen MR) is 66.3 cm³/mol. The molecule has 0 saturated heterocycles. The van der Waals surface area contributed by atoms with Gasteiger partial charge >= 0.3 is 5.97 Å². The molecule has 2 aromatic carbocycles. The number of benzene rings is 2. The minimum Gasteiger partial charge on any atom is -0.478 e. The lowest BCUT2D eigenvalue weighted by Crippen LogP contribution is -1.97. The standard InChI is InChI=1S/C14H6F3NO3/c15-8-5-4-6(10(16)11(8)17)13-18-12-7(14(19)20)2-1-3-9(12)21-13/h1-5H,(H,19,20). The molecule has 0 aliphatic carbocycles. The molecule has 1 aromatic heterocycles. The topological polar surface area (TPSA) is 63.3 Å². The molecule has 1 heterocycles.